The van der Waals surface area contributed by atoms with E-state index in [1.165, 1.54) is 17.8 Å². The molecule has 0 unspecified atom stereocenters. The average Bonchev–Trinajstić information content (AvgIpc) is 2.56. The minimum absolute atomic E-state index is 0.171. The fraction of sp³-hybridized carbons (Fsp3) is 0.312. The molecule has 1 aromatic heterocycles. The molecular formula is C16H17NO5S. The minimum Gasteiger partial charge on any atom is -0.477 e. The highest BCUT2D eigenvalue weighted by atomic mass is 32.2. The standard InChI is InChI=1S/C16H17NO5S/c18-12-8-23-16(15(21)14(12)20)22-11-3-1-2-9(6-11)10-4-5-13(19)17-7-10/h1-7,12,14-16,18,20-21H,8H2,(H,17,19)/t12-,14+,15-,16+/m1/s1. The highest BCUT2D eigenvalue weighted by molar-refractivity contribution is 7.99. The molecule has 2 heterocycles. The van der Waals surface area contributed by atoms with Gasteiger partial charge in [-0.05, 0) is 29.3 Å². The summed E-state index contributed by atoms with van der Waals surface area (Å²) in [7, 11) is 0. The predicted octanol–water partition coefficient (Wildman–Crippen LogP) is 0.576. The Morgan fingerprint density at radius 2 is 1.91 bits per heavy atom. The Balaban J connectivity index is 1.78. The third-order valence-corrected chi connectivity index (χ3v) is 4.90. The molecule has 0 amide bonds. The number of aliphatic hydroxyl groups excluding tert-OH is 3. The fourth-order valence-corrected chi connectivity index (χ4v) is 3.48. The summed E-state index contributed by atoms with van der Waals surface area (Å²) in [6, 6.07) is 10.4. The Morgan fingerprint density at radius 1 is 1.09 bits per heavy atom. The van der Waals surface area contributed by atoms with Crippen molar-refractivity contribution in [3.8, 4) is 16.9 Å². The Hall–Kier alpha value is -1.80. The number of aromatic nitrogens is 1. The van der Waals surface area contributed by atoms with Crippen molar-refractivity contribution in [1.29, 1.82) is 0 Å². The van der Waals surface area contributed by atoms with Gasteiger partial charge in [0.2, 0.25) is 5.56 Å². The number of thioether (sulfide) groups is 1. The van der Waals surface area contributed by atoms with Gasteiger partial charge in [0.15, 0.2) is 5.44 Å². The molecule has 6 nitrogen and oxygen atoms in total. The van der Waals surface area contributed by atoms with Crippen molar-refractivity contribution < 1.29 is 20.1 Å². The molecule has 4 atom stereocenters. The van der Waals surface area contributed by atoms with E-state index in [1.54, 1.807) is 30.5 Å². The van der Waals surface area contributed by atoms with Crippen molar-refractivity contribution in [2.75, 3.05) is 5.75 Å². The molecule has 0 radical (unpaired) electrons. The monoisotopic (exact) mass is 335 g/mol. The van der Waals surface area contributed by atoms with Gasteiger partial charge in [-0.3, -0.25) is 4.79 Å². The average molecular weight is 335 g/mol. The van der Waals surface area contributed by atoms with Crippen molar-refractivity contribution in [3.05, 3.63) is 52.9 Å². The van der Waals surface area contributed by atoms with E-state index in [9.17, 15) is 20.1 Å². The number of H-pyrrole nitrogens is 1. The van der Waals surface area contributed by atoms with Gasteiger partial charge in [0.25, 0.3) is 0 Å². The van der Waals surface area contributed by atoms with Crippen molar-refractivity contribution >= 4 is 11.8 Å². The number of hydrogen-bond acceptors (Lipinski definition) is 6. The van der Waals surface area contributed by atoms with Gasteiger partial charge in [-0.25, -0.2) is 0 Å². The summed E-state index contributed by atoms with van der Waals surface area (Å²) < 4.78 is 5.74. The molecule has 0 aliphatic carbocycles. The first-order chi connectivity index (χ1) is 11.0. The molecular weight excluding hydrogens is 318 g/mol. The number of aliphatic hydroxyl groups is 3. The number of nitrogens with one attached hydrogen (secondary N) is 1. The molecule has 0 spiro atoms. The maximum Gasteiger partial charge on any atom is 0.247 e. The SMILES string of the molecule is O=c1ccc(-c2cccc(O[C@H]3SC[C@@H](O)[C@H](O)[C@H]3O)c2)c[nH]1. The van der Waals surface area contributed by atoms with Crippen molar-refractivity contribution in [1.82, 2.24) is 4.98 Å². The summed E-state index contributed by atoms with van der Waals surface area (Å²) in [5.41, 5.74) is 0.867. The Kier molecular flexibility index (Phi) is 4.72. The Bertz CT molecular complexity index is 714. The van der Waals surface area contributed by atoms with Crippen LogP contribution in [0.15, 0.2) is 47.4 Å². The van der Waals surface area contributed by atoms with E-state index < -0.39 is 23.7 Å². The zero-order valence-corrected chi connectivity index (χ0v) is 12.9. The van der Waals surface area contributed by atoms with Gasteiger partial charge >= 0.3 is 0 Å². The van der Waals surface area contributed by atoms with E-state index in [-0.39, 0.29) is 5.56 Å². The van der Waals surface area contributed by atoms with E-state index in [2.05, 4.69) is 4.98 Å². The van der Waals surface area contributed by atoms with E-state index in [1.807, 2.05) is 6.07 Å². The normalized spacial score (nSPS) is 27.6. The maximum atomic E-state index is 11.1. The Labute approximate surface area is 136 Å². The van der Waals surface area contributed by atoms with E-state index >= 15 is 0 Å². The number of pyridine rings is 1. The molecule has 4 N–H and O–H groups in total. The van der Waals surface area contributed by atoms with Crippen LogP contribution in [-0.2, 0) is 0 Å². The first kappa shape index (κ1) is 16.1. The van der Waals surface area contributed by atoms with Gasteiger partial charge in [-0.15, -0.1) is 11.8 Å². The Morgan fingerprint density at radius 3 is 2.65 bits per heavy atom. The fourth-order valence-electron chi connectivity index (χ4n) is 2.36. The number of benzene rings is 1. The van der Waals surface area contributed by atoms with E-state index in [0.717, 1.165) is 11.1 Å². The van der Waals surface area contributed by atoms with Gasteiger partial charge in [-0.1, -0.05) is 12.1 Å². The molecule has 1 saturated heterocycles. The zero-order chi connectivity index (χ0) is 16.4. The summed E-state index contributed by atoms with van der Waals surface area (Å²) in [4.78, 5) is 13.7. The lowest BCUT2D eigenvalue weighted by Gasteiger charge is -2.34. The second-order valence-corrected chi connectivity index (χ2v) is 6.47. The molecule has 122 valence electrons. The number of aromatic amines is 1. The van der Waals surface area contributed by atoms with Gasteiger partial charge in [0.1, 0.15) is 18.0 Å². The lowest BCUT2D eigenvalue weighted by atomic mass is 10.1. The highest BCUT2D eigenvalue weighted by Gasteiger charge is 2.38. The third kappa shape index (κ3) is 3.59. The molecule has 3 rings (SSSR count). The molecule has 1 aromatic carbocycles. The van der Waals surface area contributed by atoms with Crippen LogP contribution < -0.4 is 10.3 Å². The van der Waals surface area contributed by atoms with Crippen molar-refractivity contribution in [2.45, 2.75) is 23.7 Å². The molecule has 2 aromatic rings. The maximum absolute atomic E-state index is 11.1. The van der Waals surface area contributed by atoms with Gasteiger partial charge in [0, 0.05) is 18.0 Å². The first-order valence-corrected chi connectivity index (χ1v) is 8.21. The lowest BCUT2D eigenvalue weighted by molar-refractivity contribution is -0.0786. The van der Waals surface area contributed by atoms with Crippen LogP contribution in [0.3, 0.4) is 0 Å². The van der Waals surface area contributed by atoms with Crippen LogP contribution in [0.5, 0.6) is 5.75 Å². The van der Waals surface area contributed by atoms with Crippen molar-refractivity contribution in [2.24, 2.45) is 0 Å². The van der Waals surface area contributed by atoms with Gasteiger partial charge in [0.05, 0.1) is 6.10 Å². The van der Waals surface area contributed by atoms with Crippen LogP contribution in [0.2, 0.25) is 0 Å². The topological polar surface area (TPSA) is 103 Å². The molecule has 7 heteroatoms. The zero-order valence-electron chi connectivity index (χ0n) is 12.1. The second-order valence-electron chi connectivity index (χ2n) is 5.34. The highest BCUT2D eigenvalue weighted by Crippen LogP contribution is 2.30. The van der Waals surface area contributed by atoms with Crippen LogP contribution in [0, 0.1) is 0 Å². The summed E-state index contributed by atoms with van der Waals surface area (Å²) >= 11 is 1.25. The molecule has 23 heavy (non-hydrogen) atoms. The molecule has 0 saturated carbocycles. The van der Waals surface area contributed by atoms with Crippen LogP contribution in [0.4, 0.5) is 0 Å². The summed E-state index contributed by atoms with van der Waals surface area (Å²) in [5.74, 6) is 0.830. The molecule has 1 aliphatic rings. The largest absolute Gasteiger partial charge is 0.477 e. The van der Waals surface area contributed by atoms with Gasteiger partial charge in [-0.2, -0.15) is 0 Å². The third-order valence-electron chi connectivity index (χ3n) is 3.66. The number of hydrogen-bond donors (Lipinski definition) is 4. The van der Waals surface area contributed by atoms with Crippen LogP contribution in [-0.4, -0.2) is 49.8 Å². The van der Waals surface area contributed by atoms with Crippen molar-refractivity contribution in [3.63, 3.8) is 0 Å². The van der Waals surface area contributed by atoms with E-state index in [4.69, 9.17) is 4.74 Å². The lowest BCUT2D eigenvalue weighted by Crippen LogP contribution is -2.50. The number of rotatable bonds is 3. The molecule has 1 fully saturated rings. The predicted molar refractivity (Wildman–Crippen MR) is 87.4 cm³/mol. The second kappa shape index (κ2) is 6.76. The molecule has 1 aliphatic heterocycles. The smallest absolute Gasteiger partial charge is 0.247 e. The quantitative estimate of drug-likeness (QED) is 0.654. The first-order valence-electron chi connectivity index (χ1n) is 7.16. The number of ether oxygens (including phenoxy) is 1. The summed E-state index contributed by atoms with van der Waals surface area (Å²) in [5, 5.41) is 29.2. The van der Waals surface area contributed by atoms with Gasteiger partial charge < -0.3 is 25.0 Å². The van der Waals surface area contributed by atoms with E-state index in [0.29, 0.717) is 11.5 Å². The molecule has 0 bridgehead atoms. The summed E-state index contributed by atoms with van der Waals surface area (Å²) in [6.07, 6.45) is -1.72. The van der Waals surface area contributed by atoms with Crippen LogP contribution in [0.1, 0.15) is 0 Å². The minimum atomic E-state index is -1.22. The van der Waals surface area contributed by atoms with Crippen LogP contribution in [0.25, 0.3) is 11.1 Å². The summed E-state index contributed by atoms with van der Waals surface area (Å²) in [6.45, 7) is 0. The van der Waals surface area contributed by atoms with Crippen LogP contribution >= 0.6 is 11.8 Å².